The fourth-order valence-electron chi connectivity index (χ4n) is 0.963. The van der Waals surface area contributed by atoms with Crippen molar-refractivity contribution in [1.82, 2.24) is 4.98 Å². The molecule has 0 N–H and O–H groups in total. The average molecular weight is 179 g/mol. The number of rotatable bonds is 2. The molecule has 13 heavy (non-hydrogen) atoms. The van der Waals surface area contributed by atoms with E-state index in [2.05, 4.69) is 9.72 Å². The van der Waals surface area contributed by atoms with Gasteiger partial charge in [-0.3, -0.25) is 9.78 Å². The maximum atomic E-state index is 11.1. The molecule has 0 spiro atoms. The van der Waals surface area contributed by atoms with E-state index >= 15 is 0 Å². The molecule has 0 aliphatic carbocycles. The SMILES string of the molecule is COC(=O)c1ccncc1C(C)=O. The van der Waals surface area contributed by atoms with E-state index in [1.165, 1.54) is 32.5 Å². The lowest BCUT2D eigenvalue weighted by Gasteiger charge is -2.02. The molecule has 0 aliphatic heterocycles. The molecule has 0 radical (unpaired) electrons. The summed E-state index contributed by atoms with van der Waals surface area (Å²) in [4.78, 5) is 25.9. The standard InChI is InChI=1S/C9H9NO3/c1-6(11)8-5-10-4-3-7(8)9(12)13-2/h3-5H,1-2H3. The largest absolute Gasteiger partial charge is 0.465 e. The van der Waals surface area contributed by atoms with Gasteiger partial charge in [0.25, 0.3) is 0 Å². The Morgan fingerprint density at radius 1 is 1.38 bits per heavy atom. The minimum absolute atomic E-state index is 0.200. The summed E-state index contributed by atoms with van der Waals surface area (Å²) in [6.45, 7) is 1.38. The highest BCUT2D eigenvalue weighted by molar-refractivity contribution is 6.04. The van der Waals surface area contributed by atoms with E-state index < -0.39 is 5.97 Å². The number of pyridine rings is 1. The number of hydrogen-bond acceptors (Lipinski definition) is 4. The highest BCUT2D eigenvalue weighted by Crippen LogP contribution is 2.08. The van der Waals surface area contributed by atoms with Crippen molar-refractivity contribution in [2.75, 3.05) is 7.11 Å². The fraction of sp³-hybridized carbons (Fsp3) is 0.222. The molecule has 0 aliphatic rings. The van der Waals surface area contributed by atoms with Gasteiger partial charge in [0.2, 0.25) is 0 Å². The van der Waals surface area contributed by atoms with Crippen molar-refractivity contribution < 1.29 is 14.3 Å². The monoisotopic (exact) mass is 179 g/mol. The van der Waals surface area contributed by atoms with Crippen LogP contribution in [-0.2, 0) is 4.74 Å². The molecule has 1 aromatic rings. The first-order chi connectivity index (χ1) is 6.16. The van der Waals surface area contributed by atoms with Crippen LogP contribution in [0.2, 0.25) is 0 Å². The lowest BCUT2D eigenvalue weighted by atomic mass is 10.1. The Bertz CT molecular complexity index is 346. The number of methoxy groups -OCH3 is 1. The number of ether oxygens (including phenoxy) is 1. The Morgan fingerprint density at radius 2 is 2.08 bits per heavy atom. The van der Waals surface area contributed by atoms with Crippen LogP contribution in [0.4, 0.5) is 0 Å². The van der Waals surface area contributed by atoms with Crippen LogP contribution in [0.15, 0.2) is 18.5 Å². The van der Waals surface area contributed by atoms with Crippen molar-refractivity contribution in [3.63, 3.8) is 0 Å². The zero-order chi connectivity index (χ0) is 9.84. The first kappa shape index (κ1) is 9.38. The molecule has 0 fully saturated rings. The summed E-state index contributed by atoms with van der Waals surface area (Å²) < 4.78 is 4.51. The van der Waals surface area contributed by atoms with E-state index in [1.54, 1.807) is 0 Å². The van der Waals surface area contributed by atoms with Crippen LogP contribution in [0, 0.1) is 0 Å². The average Bonchev–Trinajstić information content (AvgIpc) is 2.16. The normalized spacial score (nSPS) is 9.38. The predicted octanol–water partition coefficient (Wildman–Crippen LogP) is 1.07. The predicted molar refractivity (Wildman–Crippen MR) is 45.6 cm³/mol. The van der Waals surface area contributed by atoms with E-state index in [0.29, 0.717) is 0 Å². The number of esters is 1. The first-order valence-corrected chi connectivity index (χ1v) is 3.70. The van der Waals surface area contributed by atoms with E-state index in [0.717, 1.165) is 0 Å². The molecular weight excluding hydrogens is 170 g/mol. The van der Waals surface area contributed by atoms with Crippen LogP contribution in [0.5, 0.6) is 0 Å². The van der Waals surface area contributed by atoms with Gasteiger partial charge in [-0.15, -0.1) is 0 Å². The number of carbonyl (C=O) groups is 2. The van der Waals surface area contributed by atoms with Crippen LogP contribution in [-0.4, -0.2) is 23.8 Å². The van der Waals surface area contributed by atoms with Gasteiger partial charge < -0.3 is 4.74 Å². The summed E-state index contributed by atoms with van der Waals surface area (Å²) in [5, 5.41) is 0. The van der Waals surface area contributed by atoms with Crippen LogP contribution >= 0.6 is 0 Å². The molecule has 4 nitrogen and oxygen atoms in total. The molecule has 0 amide bonds. The number of Topliss-reactive ketones (excluding diaryl/α,β-unsaturated/α-hetero) is 1. The van der Waals surface area contributed by atoms with Crippen molar-refractivity contribution in [2.24, 2.45) is 0 Å². The molecule has 1 aromatic heterocycles. The third kappa shape index (κ3) is 1.90. The molecule has 4 heteroatoms. The van der Waals surface area contributed by atoms with E-state index in [9.17, 15) is 9.59 Å². The molecule has 0 atom stereocenters. The van der Waals surface area contributed by atoms with Gasteiger partial charge in [-0.05, 0) is 13.0 Å². The quantitative estimate of drug-likeness (QED) is 0.503. The minimum Gasteiger partial charge on any atom is -0.465 e. The van der Waals surface area contributed by atoms with Crippen molar-refractivity contribution in [3.8, 4) is 0 Å². The van der Waals surface area contributed by atoms with Gasteiger partial charge >= 0.3 is 5.97 Å². The summed E-state index contributed by atoms with van der Waals surface area (Å²) in [7, 11) is 1.27. The highest BCUT2D eigenvalue weighted by atomic mass is 16.5. The third-order valence-electron chi connectivity index (χ3n) is 1.61. The minimum atomic E-state index is -0.521. The maximum absolute atomic E-state index is 11.1. The summed E-state index contributed by atoms with van der Waals surface area (Å²) in [5.41, 5.74) is 0.541. The van der Waals surface area contributed by atoms with Crippen molar-refractivity contribution in [2.45, 2.75) is 6.92 Å². The summed E-state index contributed by atoms with van der Waals surface area (Å²) in [6, 6.07) is 1.46. The topological polar surface area (TPSA) is 56.3 Å². The molecular formula is C9H9NO3. The van der Waals surface area contributed by atoms with Crippen LogP contribution < -0.4 is 0 Å². The molecule has 0 bridgehead atoms. The van der Waals surface area contributed by atoms with E-state index in [-0.39, 0.29) is 16.9 Å². The van der Waals surface area contributed by atoms with E-state index in [1.807, 2.05) is 0 Å². The lowest BCUT2D eigenvalue weighted by Crippen LogP contribution is -2.08. The highest BCUT2D eigenvalue weighted by Gasteiger charge is 2.13. The smallest absolute Gasteiger partial charge is 0.338 e. The number of nitrogens with zero attached hydrogens (tertiary/aromatic N) is 1. The second kappa shape index (κ2) is 3.80. The molecule has 0 aromatic carbocycles. The van der Waals surface area contributed by atoms with Gasteiger partial charge in [0.1, 0.15) is 0 Å². The summed E-state index contributed by atoms with van der Waals surface area (Å²) in [5.74, 6) is -0.721. The van der Waals surface area contributed by atoms with E-state index in [4.69, 9.17) is 0 Å². The second-order valence-corrected chi connectivity index (χ2v) is 2.47. The van der Waals surface area contributed by atoms with Gasteiger partial charge in [0.05, 0.1) is 18.2 Å². The third-order valence-corrected chi connectivity index (χ3v) is 1.61. The Hall–Kier alpha value is -1.71. The van der Waals surface area contributed by atoms with Crippen LogP contribution in [0.1, 0.15) is 27.6 Å². The maximum Gasteiger partial charge on any atom is 0.338 e. The Kier molecular flexibility index (Phi) is 2.74. The number of ketones is 1. The van der Waals surface area contributed by atoms with Crippen molar-refractivity contribution in [1.29, 1.82) is 0 Å². The Balaban J connectivity index is 3.19. The van der Waals surface area contributed by atoms with Gasteiger partial charge in [-0.25, -0.2) is 4.79 Å². The van der Waals surface area contributed by atoms with Gasteiger partial charge in [-0.1, -0.05) is 0 Å². The van der Waals surface area contributed by atoms with Crippen LogP contribution in [0.3, 0.4) is 0 Å². The van der Waals surface area contributed by atoms with Crippen LogP contribution in [0.25, 0.3) is 0 Å². The van der Waals surface area contributed by atoms with Gasteiger partial charge in [-0.2, -0.15) is 0 Å². The van der Waals surface area contributed by atoms with Gasteiger partial charge in [0.15, 0.2) is 5.78 Å². The fourth-order valence-corrected chi connectivity index (χ4v) is 0.963. The molecule has 0 saturated heterocycles. The molecule has 1 rings (SSSR count). The molecule has 1 heterocycles. The summed E-state index contributed by atoms with van der Waals surface area (Å²) >= 11 is 0. The number of hydrogen-bond donors (Lipinski definition) is 0. The Morgan fingerprint density at radius 3 is 2.62 bits per heavy atom. The van der Waals surface area contributed by atoms with Gasteiger partial charge in [0, 0.05) is 12.4 Å². The summed E-state index contributed by atoms with van der Waals surface area (Å²) in [6.07, 6.45) is 2.80. The first-order valence-electron chi connectivity index (χ1n) is 3.70. The second-order valence-electron chi connectivity index (χ2n) is 2.47. The lowest BCUT2D eigenvalue weighted by molar-refractivity contribution is 0.0597. The zero-order valence-electron chi connectivity index (χ0n) is 7.40. The number of aromatic nitrogens is 1. The Labute approximate surface area is 75.5 Å². The zero-order valence-corrected chi connectivity index (χ0v) is 7.40. The van der Waals surface area contributed by atoms with Crippen molar-refractivity contribution >= 4 is 11.8 Å². The molecule has 0 unspecified atom stereocenters. The van der Waals surface area contributed by atoms with Crippen molar-refractivity contribution in [3.05, 3.63) is 29.6 Å². The molecule has 0 saturated carbocycles. The molecule has 68 valence electrons. The number of carbonyl (C=O) groups excluding carboxylic acids is 2.